The number of alkyl carbamates (subject to hydrolysis) is 1. The van der Waals surface area contributed by atoms with E-state index in [0.717, 1.165) is 22.5 Å². The SMILES string of the molecule is CC(C)(C)OC(=O)NC[C@H](OCc1ccccc1)c1cc(-c2ccc(Cl)cc2)n[nH]1. The molecule has 0 aliphatic heterocycles. The highest BCUT2D eigenvalue weighted by Gasteiger charge is 2.20. The fourth-order valence-corrected chi connectivity index (χ4v) is 2.92. The predicted molar refractivity (Wildman–Crippen MR) is 117 cm³/mol. The van der Waals surface area contributed by atoms with E-state index in [4.69, 9.17) is 21.1 Å². The Morgan fingerprint density at radius 1 is 1.13 bits per heavy atom. The number of benzene rings is 2. The first kappa shape index (κ1) is 21.9. The van der Waals surface area contributed by atoms with Crippen molar-refractivity contribution in [3.63, 3.8) is 0 Å². The molecule has 0 radical (unpaired) electrons. The van der Waals surface area contributed by atoms with Crippen LogP contribution >= 0.6 is 11.6 Å². The number of carbonyl (C=O) groups excluding carboxylic acids is 1. The molecule has 0 aliphatic rings. The lowest BCUT2D eigenvalue weighted by Gasteiger charge is -2.22. The number of ether oxygens (including phenoxy) is 2. The van der Waals surface area contributed by atoms with Gasteiger partial charge in [-0.3, -0.25) is 5.10 Å². The number of nitrogens with zero attached hydrogens (tertiary/aromatic N) is 1. The Morgan fingerprint density at radius 2 is 1.83 bits per heavy atom. The van der Waals surface area contributed by atoms with E-state index in [1.54, 1.807) is 0 Å². The molecule has 1 amide bonds. The lowest BCUT2D eigenvalue weighted by atomic mass is 10.1. The van der Waals surface area contributed by atoms with E-state index in [9.17, 15) is 4.79 Å². The van der Waals surface area contributed by atoms with Gasteiger partial charge in [0.05, 0.1) is 24.5 Å². The van der Waals surface area contributed by atoms with E-state index in [0.29, 0.717) is 11.6 Å². The van der Waals surface area contributed by atoms with Gasteiger partial charge in [0.15, 0.2) is 0 Å². The molecule has 0 saturated carbocycles. The molecule has 0 saturated heterocycles. The molecule has 2 N–H and O–H groups in total. The molecule has 0 aliphatic carbocycles. The highest BCUT2D eigenvalue weighted by Crippen LogP contribution is 2.24. The molecule has 2 aromatic carbocycles. The minimum atomic E-state index is -0.569. The van der Waals surface area contributed by atoms with Gasteiger partial charge in [-0.25, -0.2) is 4.79 Å². The zero-order valence-corrected chi connectivity index (χ0v) is 18.1. The molecule has 0 fully saturated rings. The summed E-state index contributed by atoms with van der Waals surface area (Å²) in [5.74, 6) is 0. The topological polar surface area (TPSA) is 76.2 Å². The van der Waals surface area contributed by atoms with Crippen molar-refractivity contribution >= 4 is 17.7 Å². The summed E-state index contributed by atoms with van der Waals surface area (Å²) in [6, 6.07) is 19.2. The average molecular weight is 428 g/mol. The first-order chi connectivity index (χ1) is 14.3. The molecule has 6 nitrogen and oxygen atoms in total. The van der Waals surface area contributed by atoms with E-state index in [1.807, 2.05) is 81.4 Å². The molecule has 30 heavy (non-hydrogen) atoms. The molecule has 1 atom stereocenters. The van der Waals surface area contributed by atoms with Gasteiger partial charge in [-0.05, 0) is 44.5 Å². The van der Waals surface area contributed by atoms with Crippen LogP contribution in [0.25, 0.3) is 11.3 Å². The smallest absolute Gasteiger partial charge is 0.407 e. The van der Waals surface area contributed by atoms with E-state index in [2.05, 4.69) is 15.5 Å². The summed E-state index contributed by atoms with van der Waals surface area (Å²) in [6.45, 7) is 6.11. The summed E-state index contributed by atoms with van der Waals surface area (Å²) in [5, 5.41) is 10.9. The number of rotatable bonds is 7. The molecule has 1 aromatic heterocycles. The highest BCUT2D eigenvalue weighted by molar-refractivity contribution is 6.30. The van der Waals surface area contributed by atoms with Crippen LogP contribution in [0.1, 0.15) is 38.1 Å². The fraction of sp³-hybridized carbons (Fsp3) is 0.304. The molecule has 0 spiro atoms. The molecule has 3 rings (SSSR count). The Bertz CT molecular complexity index is 950. The summed E-state index contributed by atoms with van der Waals surface area (Å²) >= 11 is 5.97. The van der Waals surface area contributed by atoms with Gasteiger partial charge in [0.1, 0.15) is 11.7 Å². The number of aromatic amines is 1. The van der Waals surface area contributed by atoms with Gasteiger partial charge in [0, 0.05) is 10.6 Å². The first-order valence-electron chi connectivity index (χ1n) is 9.74. The Labute approximate surface area is 181 Å². The van der Waals surface area contributed by atoms with Crippen molar-refractivity contribution in [3.05, 3.63) is 76.9 Å². The van der Waals surface area contributed by atoms with Crippen LogP contribution in [0.15, 0.2) is 60.7 Å². The Morgan fingerprint density at radius 3 is 2.50 bits per heavy atom. The number of hydrogen-bond donors (Lipinski definition) is 2. The first-order valence-corrected chi connectivity index (χ1v) is 10.1. The lowest BCUT2D eigenvalue weighted by Crippen LogP contribution is -2.35. The number of nitrogens with one attached hydrogen (secondary N) is 2. The number of hydrogen-bond acceptors (Lipinski definition) is 4. The van der Waals surface area contributed by atoms with E-state index >= 15 is 0 Å². The molecule has 158 valence electrons. The maximum absolute atomic E-state index is 12.1. The van der Waals surface area contributed by atoms with Crippen LogP contribution < -0.4 is 5.32 Å². The monoisotopic (exact) mass is 427 g/mol. The second kappa shape index (κ2) is 9.78. The van der Waals surface area contributed by atoms with E-state index in [1.165, 1.54) is 0 Å². The van der Waals surface area contributed by atoms with Crippen LogP contribution in [0.4, 0.5) is 4.79 Å². The van der Waals surface area contributed by atoms with Crippen molar-refractivity contribution in [1.29, 1.82) is 0 Å². The Kier molecular flexibility index (Phi) is 7.13. The van der Waals surface area contributed by atoms with Crippen molar-refractivity contribution in [1.82, 2.24) is 15.5 Å². The highest BCUT2D eigenvalue weighted by atomic mass is 35.5. The number of amides is 1. The number of H-pyrrole nitrogens is 1. The van der Waals surface area contributed by atoms with Crippen molar-refractivity contribution in [2.45, 2.75) is 39.1 Å². The molecule has 0 unspecified atom stereocenters. The van der Waals surface area contributed by atoms with Crippen molar-refractivity contribution in [2.75, 3.05) is 6.54 Å². The van der Waals surface area contributed by atoms with Crippen LogP contribution in [-0.4, -0.2) is 28.4 Å². The van der Waals surface area contributed by atoms with Crippen molar-refractivity contribution < 1.29 is 14.3 Å². The summed E-state index contributed by atoms with van der Waals surface area (Å²) in [6.07, 6.45) is -0.917. The van der Waals surface area contributed by atoms with Crippen molar-refractivity contribution in [2.24, 2.45) is 0 Å². The second-order valence-electron chi connectivity index (χ2n) is 7.88. The minimum Gasteiger partial charge on any atom is -0.444 e. The molecule has 3 aromatic rings. The summed E-state index contributed by atoms with van der Waals surface area (Å²) < 4.78 is 11.4. The van der Waals surface area contributed by atoms with Crippen LogP contribution in [0.2, 0.25) is 5.02 Å². The zero-order valence-electron chi connectivity index (χ0n) is 17.3. The third-order valence-electron chi connectivity index (χ3n) is 4.21. The standard InChI is InChI=1S/C23H26ClN3O3/c1-23(2,3)30-22(28)25-14-21(29-15-16-7-5-4-6-8-16)20-13-19(26-27-20)17-9-11-18(24)12-10-17/h4-13,21H,14-15H2,1-3H3,(H,25,28)(H,26,27)/t21-/m0/s1. The van der Waals surface area contributed by atoms with Crippen LogP contribution in [0, 0.1) is 0 Å². The van der Waals surface area contributed by atoms with Gasteiger partial charge in [-0.1, -0.05) is 54.1 Å². The number of aromatic nitrogens is 2. The quantitative estimate of drug-likeness (QED) is 0.521. The van der Waals surface area contributed by atoms with Crippen LogP contribution in [-0.2, 0) is 16.1 Å². The molecule has 7 heteroatoms. The zero-order chi connectivity index (χ0) is 21.6. The van der Waals surface area contributed by atoms with Crippen LogP contribution in [0.3, 0.4) is 0 Å². The maximum Gasteiger partial charge on any atom is 0.407 e. The summed E-state index contributed by atoms with van der Waals surface area (Å²) in [4.78, 5) is 12.1. The van der Waals surface area contributed by atoms with Gasteiger partial charge >= 0.3 is 6.09 Å². The van der Waals surface area contributed by atoms with Crippen LogP contribution in [0.5, 0.6) is 0 Å². The Hall–Kier alpha value is -2.83. The molecule has 1 heterocycles. The molecular weight excluding hydrogens is 402 g/mol. The second-order valence-corrected chi connectivity index (χ2v) is 8.32. The van der Waals surface area contributed by atoms with Gasteiger partial charge < -0.3 is 14.8 Å². The minimum absolute atomic E-state index is 0.240. The summed E-state index contributed by atoms with van der Waals surface area (Å²) in [5.41, 5.74) is 2.93. The normalized spacial score (nSPS) is 12.4. The Balaban J connectivity index is 1.73. The van der Waals surface area contributed by atoms with Gasteiger partial charge in [-0.2, -0.15) is 5.10 Å². The third kappa shape index (κ3) is 6.61. The van der Waals surface area contributed by atoms with Gasteiger partial charge in [0.25, 0.3) is 0 Å². The molecular formula is C23H26ClN3O3. The molecule has 0 bridgehead atoms. The van der Waals surface area contributed by atoms with E-state index < -0.39 is 17.8 Å². The lowest BCUT2D eigenvalue weighted by molar-refractivity contribution is 0.0255. The summed E-state index contributed by atoms with van der Waals surface area (Å²) in [7, 11) is 0. The van der Waals surface area contributed by atoms with E-state index in [-0.39, 0.29) is 6.54 Å². The maximum atomic E-state index is 12.1. The predicted octanol–water partition coefficient (Wildman–Crippen LogP) is 5.51. The van der Waals surface area contributed by atoms with Gasteiger partial charge in [0.2, 0.25) is 0 Å². The number of halogens is 1. The number of carbonyl (C=O) groups is 1. The van der Waals surface area contributed by atoms with Crippen molar-refractivity contribution in [3.8, 4) is 11.3 Å². The third-order valence-corrected chi connectivity index (χ3v) is 4.46. The fourth-order valence-electron chi connectivity index (χ4n) is 2.79. The largest absolute Gasteiger partial charge is 0.444 e. The average Bonchev–Trinajstić information content (AvgIpc) is 3.18. The van der Waals surface area contributed by atoms with Gasteiger partial charge in [-0.15, -0.1) is 0 Å².